The lowest BCUT2D eigenvalue weighted by atomic mass is 10.1. The first-order valence-electron chi connectivity index (χ1n) is 9.67. The van der Waals surface area contributed by atoms with E-state index in [1.54, 1.807) is 12.1 Å². The Hall–Kier alpha value is -2.36. The Morgan fingerprint density at radius 2 is 1.83 bits per heavy atom. The highest BCUT2D eigenvalue weighted by Crippen LogP contribution is 2.27. The van der Waals surface area contributed by atoms with Gasteiger partial charge in [0, 0.05) is 23.1 Å². The molecule has 1 aliphatic rings. The van der Waals surface area contributed by atoms with Gasteiger partial charge in [-0.05, 0) is 48.9 Å². The van der Waals surface area contributed by atoms with Crippen LogP contribution >= 0.6 is 0 Å². The first-order valence-corrected chi connectivity index (χ1v) is 13.0. The number of rotatable bonds is 7. The van der Waals surface area contributed by atoms with Crippen molar-refractivity contribution in [1.29, 1.82) is 0 Å². The molecule has 2 heterocycles. The van der Waals surface area contributed by atoms with Gasteiger partial charge in [-0.1, -0.05) is 18.2 Å². The lowest BCUT2D eigenvalue weighted by molar-refractivity contribution is 0.414. The number of sulfone groups is 2. The fourth-order valence-corrected chi connectivity index (χ4v) is 8.70. The van der Waals surface area contributed by atoms with E-state index in [0.29, 0.717) is 18.7 Å². The zero-order chi connectivity index (χ0) is 21.4. The number of methoxy groups -OCH3 is 1. The first-order chi connectivity index (χ1) is 14.3. The van der Waals surface area contributed by atoms with E-state index in [4.69, 9.17) is 4.74 Å². The largest absolute Gasteiger partial charge is 0.497 e. The summed E-state index contributed by atoms with van der Waals surface area (Å²) in [7, 11) is -5.75. The molecule has 0 aliphatic carbocycles. The summed E-state index contributed by atoms with van der Waals surface area (Å²) in [5.41, 5.74) is 2.14. The van der Waals surface area contributed by atoms with Crippen LogP contribution in [-0.2, 0) is 26.1 Å². The fourth-order valence-electron chi connectivity index (χ4n) is 3.98. The molecule has 0 bridgehead atoms. The fraction of sp³-hybridized carbons (Fsp3) is 0.333. The molecule has 0 amide bonds. The molecule has 0 unspecified atom stereocenters. The molecule has 1 fully saturated rings. The van der Waals surface area contributed by atoms with Gasteiger partial charge in [0.05, 0.1) is 28.8 Å². The maximum Gasteiger partial charge on any atom is 0.183 e. The zero-order valence-electron chi connectivity index (χ0n) is 16.5. The van der Waals surface area contributed by atoms with Crippen LogP contribution in [0.25, 0.3) is 10.9 Å². The van der Waals surface area contributed by atoms with Crippen molar-refractivity contribution in [2.45, 2.75) is 22.6 Å². The third-order valence-electron chi connectivity index (χ3n) is 5.56. The van der Waals surface area contributed by atoms with Gasteiger partial charge in [-0.25, -0.2) is 16.8 Å². The number of ether oxygens (including phenoxy) is 1. The van der Waals surface area contributed by atoms with Crippen molar-refractivity contribution in [3.8, 4) is 5.75 Å². The summed E-state index contributed by atoms with van der Waals surface area (Å²) in [6, 6.07) is 13.3. The number of para-hydroxylation sites is 1. The van der Waals surface area contributed by atoms with Crippen molar-refractivity contribution in [1.82, 2.24) is 10.3 Å². The van der Waals surface area contributed by atoms with E-state index in [1.165, 1.54) is 19.2 Å². The molecule has 9 heteroatoms. The van der Waals surface area contributed by atoms with Crippen molar-refractivity contribution >= 4 is 30.6 Å². The van der Waals surface area contributed by atoms with Gasteiger partial charge in [-0.15, -0.1) is 0 Å². The molecule has 30 heavy (non-hydrogen) atoms. The minimum Gasteiger partial charge on any atom is -0.497 e. The maximum absolute atomic E-state index is 13.1. The Balaban J connectivity index is 1.50. The highest BCUT2D eigenvalue weighted by atomic mass is 32.2. The minimum atomic E-state index is -3.81. The third kappa shape index (κ3) is 4.10. The summed E-state index contributed by atoms with van der Waals surface area (Å²) in [6.45, 7) is 0.483. The van der Waals surface area contributed by atoms with Crippen LogP contribution < -0.4 is 10.1 Å². The molecular formula is C21H24N2O5S2. The van der Waals surface area contributed by atoms with Gasteiger partial charge in [-0.3, -0.25) is 0 Å². The molecule has 1 aliphatic heterocycles. The number of hydrogen-bond donors (Lipinski definition) is 2. The van der Waals surface area contributed by atoms with Crippen molar-refractivity contribution < 1.29 is 21.6 Å². The molecule has 3 aromatic rings. The van der Waals surface area contributed by atoms with Crippen LogP contribution in [0.15, 0.2) is 59.6 Å². The number of aromatic nitrogens is 1. The van der Waals surface area contributed by atoms with Crippen LogP contribution in [0, 0.1) is 0 Å². The van der Waals surface area contributed by atoms with E-state index in [1.807, 2.05) is 30.5 Å². The van der Waals surface area contributed by atoms with Gasteiger partial charge in [0.15, 0.2) is 19.7 Å². The predicted molar refractivity (Wildman–Crippen MR) is 116 cm³/mol. The Morgan fingerprint density at radius 1 is 1.10 bits per heavy atom. The predicted octanol–water partition coefficient (Wildman–Crippen LogP) is 1.95. The Labute approximate surface area is 176 Å². The number of hydrogen-bond acceptors (Lipinski definition) is 6. The van der Waals surface area contributed by atoms with Crippen LogP contribution in [-0.4, -0.2) is 58.3 Å². The molecule has 0 spiro atoms. The van der Waals surface area contributed by atoms with Gasteiger partial charge < -0.3 is 15.0 Å². The van der Waals surface area contributed by atoms with E-state index < -0.39 is 31.0 Å². The Morgan fingerprint density at radius 3 is 2.57 bits per heavy atom. The summed E-state index contributed by atoms with van der Waals surface area (Å²) >= 11 is 0. The molecule has 1 aromatic heterocycles. The third-order valence-corrected chi connectivity index (χ3v) is 9.73. The van der Waals surface area contributed by atoms with Crippen LogP contribution in [0.4, 0.5) is 0 Å². The van der Waals surface area contributed by atoms with Crippen LogP contribution in [0.5, 0.6) is 5.75 Å². The Bertz CT molecular complexity index is 1250. The first kappa shape index (κ1) is 20.9. The highest BCUT2D eigenvalue weighted by molar-refractivity contribution is 7.96. The van der Waals surface area contributed by atoms with Gasteiger partial charge in [0.1, 0.15) is 5.75 Å². The number of nitrogens with one attached hydrogen (secondary N) is 2. The second kappa shape index (κ2) is 8.05. The maximum atomic E-state index is 13.1. The number of aromatic amines is 1. The van der Waals surface area contributed by atoms with E-state index in [0.717, 1.165) is 16.5 Å². The number of H-pyrrole nitrogens is 1. The SMILES string of the molecule is COc1ccc(S(=O)(=O)[C@@H]2CS(=O)(=O)C[C@H]2NCCc2c[nH]c3ccccc23)cc1. The molecule has 7 nitrogen and oxygen atoms in total. The summed E-state index contributed by atoms with van der Waals surface area (Å²) in [4.78, 5) is 3.32. The van der Waals surface area contributed by atoms with E-state index in [2.05, 4.69) is 10.3 Å². The molecular weight excluding hydrogens is 424 g/mol. The minimum absolute atomic E-state index is 0.105. The monoisotopic (exact) mass is 448 g/mol. The lowest BCUT2D eigenvalue weighted by Crippen LogP contribution is -2.44. The van der Waals surface area contributed by atoms with Gasteiger partial charge in [0.25, 0.3) is 0 Å². The summed E-state index contributed by atoms with van der Waals surface area (Å²) < 4.78 is 55.9. The molecule has 2 aromatic carbocycles. The molecule has 1 saturated heterocycles. The molecule has 2 atom stereocenters. The average molecular weight is 449 g/mol. The van der Waals surface area contributed by atoms with Gasteiger partial charge >= 0.3 is 0 Å². The van der Waals surface area contributed by atoms with Crippen molar-refractivity contribution in [2.75, 3.05) is 25.2 Å². The van der Waals surface area contributed by atoms with Crippen molar-refractivity contribution in [2.24, 2.45) is 0 Å². The molecule has 4 rings (SSSR count). The molecule has 0 radical (unpaired) electrons. The highest BCUT2D eigenvalue weighted by Gasteiger charge is 2.45. The van der Waals surface area contributed by atoms with Gasteiger partial charge in [-0.2, -0.15) is 0 Å². The quantitative estimate of drug-likeness (QED) is 0.572. The topological polar surface area (TPSA) is 105 Å². The lowest BCUT2D eigenvalue weighted by Gasteiger charge is -2.20. The standard InChI is InChI=1S/C21H24N2O5S2/c1-28-16-6-8-17(9-7-16)30(26,27)21-14-29(24,25)13-20(21)22-11-10-15-12-23-19-5-3-2-4-18(15)19/h2-9,12,20-23H,10-11,13-14H2,1H3/t20-,21-/m1/s1. The van der Waals surface area contributed by atoms with E-state index >= 15 is 0 Å². The summed E-state index contributed by atoms with van der Waals surface area (Å²) in [5, 5.41) is 3.29. The molecule has 160 valence electrons. The van der Waals surface area contributed by atoms with Gasteiger partial charge in [0.2, 0.25) is 0 Å². The van der Waals surface area contributed by atoms with E-state index in [-0.39, 0.29) is 16.4 Å². The number of benzene rings is 2. The van der Waals surface area contributed by atoms with Crippen molar-refractivity contribution in [3.05, 3.63) is 60.3 Å². The average Bonchev–Trinajstić information content (AvgIpc) is 3.28. The second-order valence-electron chi connectivity index (χ2n) is 7.51. The van der Waals surface area contributed by atoms with E-state index in [9.17, 15) is 16.8 Å². The smallest absolute Gasteiger partial charge is 0.183 e. The second-order valence-corrected chi connectivity index (χ2v) is 11.8. The van der Waals surface area contributed by atoms with Crippen LogP contribution in [0.1, 0.15) is 5.56 Å². The molecule has 0 saturated carbocycles. The molecule has 2 N–H and O–H groups in total. The Kier molecular flexibility index (Phi) is 5.61. The normalized spacial score (nSPS) is 21.1. The van der Waals surface area contributed by atoms with Crippen molar-refractivity contribution in [3.63, 3.8) is 0 Å². The summed E-state index contributed by atoms with van der Waals surface area (Å²) in [5.74, 6) is -0.00560. The van der Waals surface area contributed by atoms with Crippen LogP contribution in [0.3, 0.4) is 0 Å². The summed E-state index contributed by atoms with van der Waals surface area (Å²) in [6.07, 6.45) is 2.60. The number of fused-ring (bicyclic) bond motifs is 1. The van der Waals surface area contributed by atoms with Crippen LogP contribution in [0.2, 0.25) is 0 Å². The zero-order valence-corrected chi connectivity index (χ0v) is 18.2.